The van der Waals surface area contributed by atoms with Crippen LogP contribution in [0.3, 0.4) is 0 Å². The molecule has 0 radical (unpaired) electrons. The van der Waals surface area contributed by atoms with Crippen LogP contribution in [0.15, 0.2) is 0 Å². The van der Waals surface area contributed by atoms with Crippen LogP contribution < -0.4 is 0 Å². The fraction of sp³-hybridized carbons (Fsp3) is 0.846. The first-order valence-corrected chi connectivity index (χ1v) is 8.92. The maximum atomic E-state index is 6.16. The molecule has 3 heteroatoms. The summed E-state index contributed by atoms with van der Waals surface area (Å²) in [4.78, 5) is 0. The van der Waals surface area contributed by atoms with E-state index in [0.29, 0.717) is 11.0 Å². The largest absolute Gasteiger partial charge is 0.443 e. The van der Waals surface area contributed by atoms with Crippen LogP contribution in [0.5, 0.6) is 0 Å². The highest BCUT2D eigenvalue weighted by molar-refractivity contribution is 6.74. The van der Waals surface area contributed by atoms with Gasteiger partial charge in [-0.1, -0.05) is 27.2 Å². The Bertz CT molecular complexity index is 267. The highest BCUT2D eigenvalue weighted by Crippen LogP contribution is 2.38. The quantitative estimate of drug-likeness (QED) is 0.554. The number of terminal acetylenes is 1. The molecule has 0 aromatic heterocycles. The van der Waals surface area contributed by atoms with Crippen molar-refractivity contribution in [1.82, 2.24) is 0 Å². The molecule has 0 heterocycles. The summed E-state index contributed by atoms with van der Waals surface area (Å²) in [6, 6.07) is 0. The van der Waals surface area contributed by atoms with E-state index in [0.717, 1.165) is 19.4 Å². The van der Waals surface area contributed by atoms with Crippen LogP contribution in [0.2, 0.25) is 18.1 Å². The summed E-state index contributed by atoms with van der Waals surface area (Å²) in [6.07, 6.45) is 9.73. The third kappa shape index (κ3) is 3.26. The monoisotopic (exact) mass is 240 g/mol. The molecular weight excluding hydrogens is 216 g/mol. The second-order valence-electron chi connectivity index (χ2n) is 6.27. The van der Waals surface area contributed by atoms with Crippen molar-refractivity contribution in [2.24, 2.45) is 5.92 Å². The van der Waals surface area contributed by atoms with Crippen molar-refractivity contribution in [3.63, 3.8) is 0 Å². The standard InChI is InChI=1S/C13H24O2Si/c1-7-14-12-8-11(9-12)10-15-16(5,6)13(2,3)4/h1,11-12H,8-10H2,2-6H3. The zero-order chi connectivity index (χ0) is 12.4. The predicted molar refractivity (Wildman–Crippen MR) is 69.6 cm³/mol. The average molecular weight is 240 g/mol. The summed E-state index contributed by atoms with van der Waals surface area (Å²) in [6.45, 7) is 12.3. The summed E-state index contributed by atoms with van der Waals surface area (Å²) >= 11 is 0. The molecule has 0 N–H and O–H groups in total. The minimum Gasteiger partial charge on any atom is -0.443 e. The van der Waals surface area contributed by atoms with E-state index in [9.17, 15) is 0 Å². The fourth-order valence-electron chi connectivity index (χ4n) is 1.55. The van der Waals surface area contributed by atoms with Gasteiger partial charge in [0, 0.05) is 6.61 Å². The normalized spacial score (nSPS) is 25.8. The Balaban J connectivity index is 2.25. The van der Waals surface area contributed by atoms with Gasteiger partial charge in [0.25, 0.3) is 0 Å². The van der Waals surface area contributed by atoms with Crippen LogP contribution >= 0.6 is 0 Å². The third-order valence-corrected chi connectivity index (χ3v) is 8.41. The van der Waals surface area contributed by atoms with Gasteiger partial charge in [-0.2, -0.15) is 0 Å². The van der Waals surface area contributed by atoms with E-state index in [1.54, 1.807) is 0 Å². The van der Waals surface area contributed by atoms with E-state index in [2.05, 4.69) is 40.0 Å². The first-order valence-electron chi connectivity index (χ1n) is 6.01. The average Bonchev–Trinajstić information content (AvgIpc) is 2.06. The minimum atomic E-state index is -1.57. The van der Waals surface area contributed by atoms with E-state index in [-0.39, 0.29) is 6.10 Å². The van der Waals surface area contributed by atoms with Crippen molar-refractivity contribution < 1.29 is 9.16 Å². The molecule has 2 nitrogen and oxygen atoms in total. The molecule has 0 amide bonds. The van der Waals surface area contributed by atoms with Crippen LogP contribution in [-0.2, 0) is 9.16 Å². The Labute approximate surface area is 101 Å². The lowest BCUT2D eigenvalue weighted by Crippen LogP contribution is -2.44. The van der Waals surface area contributed by atoms with Crippen LogP contribution in [0.25, 0.3) is 0 Å². The molecule has 1 rings (SSSR count). The van der Waals surface area contributed by atoms with Crippen LogP contribution in [0, 0.1) is 18.4 Å². The van der Waals surface area contributed by atoms with Crippen molar-refractivity contribution in [3.8, 4) is 12.5 Å². The molecule has 1 saturated carbocycles. The van der Waals surface area contributed by atoms with E-state index in [4.69, 9.17) is 15.6 Å². The first kappa shape index (κ1) is 13.6. The maximum Gasteiger partial charge on any atom is 0.191 e. The molecule has 1 aliphatic carbocycles. The summed E-state index contributed by atoms with van der Waals surface area (Å²) < 4.78 is 11.2. The van der Waals surface area contributed by atoms with Crippen LogP contribution in [-0.4, -0.2) is 21.0 Å². The van der Waals surface area contributed by atoms with Crippen molar-refractivity contribution in [2.75, 3.05) is 6.61 Å². The zero-order valence-corrected chi connectivity index (χ0v) is 12.2. The molecule has 0 aromatic carbocycles. The third-order valence-electron chi connectivity index (χ3n) is 3.91. The van der Waals surface area contributed by atoms with Gasteiger partial charge in [0.2, 0.25) is 0 Å². The number of rotatable bonds is 4. The molecule has 1 fully saturated rings. The summed E-state index contributed by atoms with van der Waals surface area (Å²) in [5.41, 5.74) is 0. The summed E-state index contributed by atoms with van der Waals surface area (Å²) in [5, 5.41) is 0.297. The topological polar surface area (TPSA) is 18.5 Å². The molecule has 1 aliphatic rings. The lowest BCUT2D eigenvalue weighted by atomic mass is 9.83. The highest BCUT2D eigenvalue weighted by Gasteiger charge is 2.39. The molecular formula is C13H24O2Si. The minimum absolute atomic E-state index is 0.276. The molecule has 0 spiro atoms. The van der Waals surface area contributed by atoms with E-state index < -0.39 is 8.32 Å². The van der Waals surface area contributed by atoms with Gasteiger partial charge in [0.1, 0.15) is 12.2 Å². The van der Waals surface area contributed by atoms with Gasteiger partial charge in [-0.3, -0.25) is 0 Å². The highest BCUT2D eigenvalue weighted by atomic mass is 28.4. The van der Waals surface area contributed by atoms with Crippen molar-refractivity contribution in [2.45, 2.75) is 57.8 Å². The van der Waals surface area contributed by atoms with Crippen molar-refractivity contribution in [3.05, 3.63) is 0 Å². The molecule has 0 atom stereocenters. The van der Waals surface area contributed by atoms with Gasteiger partial charge >= 0.3 is 0 Å². The number of ether oxygens (including phenoxy) is 1. The second kappa shape index (κ2) is 4.81. The zero-order valence-electron chi connectivity index (χ0n) is 11.2. The smallest absolute Gasteiger partial charge is 0.191 e. The molecule has 92 valence electrons. The molecule has 0 aromatic rings. The van der Waals surface area contributed by atoms with Gasteiger partial charge in [0.15, 0.2) is 8.32 Å². The Kier molecular flexibility index (Phi) is 4.09. The van der Waals surface area contributed by atoms with Gasteiger partial charge in [-0.15, -0.1) is 0 Å². The predicted octanol–water partition coefficient (Wildman–Crippen LogP) is 3.39. The first-order chi connectivity index (χ1) is 7.26. The van der Waals surface area contributed by atoms with E-state index in [1.807, 2.05) is 0 Å². The molecule has 16 heavy (non-hydrogen) atoms. The van der Waals surface area contributed by atoms with Crippen molar-refractivity contribution >= 4 is 8.32 Å². The van der Waals surface area contributed by atoms with Gasteiger partial charge in [-0.25, -0.2) is 0 Å². The van der Waals surface area contributed by atoms with Gasteiger partial charge < -0.3 is 9.16 Å². The Morgan fingerprint density at radius 3 is 2.31 bits per heavy atom. The van der Waals surface area contributed by atoms with E-state index in [1.165, 1.54) is 0 Å². The Morgan fingerprint density at radius 1 is 1.31 bits per heavy atom. The number of hydrogen-bond donors (Lipinski definition) is 0. The Hall–Kier alpha value is -0.463. The molecule has 0 bridgehead atoms. The number of hydrogen-bond acceptors (Lipinski definition) is 2. The maximum absolute atomic E-state index is 6.16. The SMILES string of the molecule is C#COC1CC(CO[Si](C)(C)C(C)(C)C)C1. The summed E-state index contributed by atoms with van der Waals surface area (Å²) in [7, 11) is -1.57. The van der Waals surface area contributed by atoms with Gasteiger partial charge in [-0.05, 0) is 36.9 Å². The fourth-order valence-corrected chi connectivity index (χ4v) is 2.63. The van der Waals surface area contributed by atoms with Crippen LogP contribution in [0.4, 0.5) is 0 Å². The van der Waals surface area contributed by atoms with Crippen molar-refractivity contribution in [1.29, 1.82) is 0 Å². The molecule has 0 saturated heterocycles. The molecule has 0 aliphatic heterocycles. The summed E-state index contributed by atoms with van der Waals surface area (Å²) in [5.74, 6) is 0.646. The van der Waals surface area contributed by atoms with E-state index >= 15 is 0 Å². The second-order valence-corrected chi connectivity index (χ2v) is 11.1. The van der Waals surface area contributed by atoms with Crippen LogP contribution in [0.1, 0.15) is 33.6 Å². The lowest BCUT2D eigenvalue weighted by Gasteiger charge is -2.40. The van der Waals surface area contributed by atoms with Gasteiger partial charge in [0.05, 0.1) is 0 Å². The Morgan fingerprint density at radius 2 is 1.88 bits per heavy atom. The lowest BCUT2D eigenvalue weighted by molar-refractivity contribution is 0.0167. The molecule has 0 unspecified atom stereocenters.